The molecule has 0 aliphatic carbocycles. The number of hydrogen-bond acceptors (Lipinski definition) is 4. The van der Waals surface area contributed by atoms with Gasteiger partial charge in [-0.15, -0.1) is 0 Å². The van der Waals surface area contributed by atoms with Gasteiger partial charge >= 0.3 is 6.09 Å². The third-order valence-electron chi connectivity index (χ3n) is 2.08. The minimum absolute atomic E-state index is 0.560. The van der Waals surface area contributed by atoms with E-state index in [2.05, 4.69) is 5.32 Å². The van der Waals surface area contributed by atoms with E-state index >= 15 is 0 Å². The molecule has 0 saturated heterocycles. The van der Waals surface area contributed by atoms with Crippen molar-refractivity contribution in [2.24, 2.45) is 0 Å². The van der Waals surface area contributed by atoms with Crippen LogP contribution in [0, 0.1) is 11.3 Å². The molecular weight excluding hydrogens is 220 g/mol. The van der Waals surface area contributed by atoms with Crippen LogP contribution in [0.25, 0.3) is 0 Å². The lowest BCUT2D eigenvalue weighted by molar-refractivity contribution is 0.0452. The number of carbonyl (C=O) groups excluding carboxylic acids is 1. The van der Waals surface area contributed by atoms with E-state index in [1.807, 2.05) is 6.92 Å². The monoisotopic (exact) mass is 242 g/mol. The predicted octanol–water partition coefficient (Wildman–Crippen LogP) is 1.95. The number of aliphatic hydroxyl groups excluding tert-OH is 1. The Hall–Kier alpha value is -1.28. The fourth-order valence-corrected chi connectivity index (χ4v) is 1.28. The predicted molar refractivity (Wildman–Crippen MR) is 64.3 cm³/mol. The first-order chi connectivity index (χ1) is 7.80. The summed E-state index contributed by atoms with van der Waals surface area (Å²) in [5.74, 6) is 0. The van der Waals surface area contributed by atoms with Gasteiger partial charge in [0.25, 0.3) is 0 Å². The van der Waals surface area contributed by atoms with Gasteiger partial charge in [-0.1, -0.05) is 19.8 Å². The second-order valence-electron chi connectivity index (χ2n) is 4.97. The summed E-state index contributed by atoms with van der Waals surface area (Å²) in [5.41, 5.74) is -0.586. The molecule has 0 bridgehead atoms. The molecule has 0 aromatic carbocycles. The Bertz CT molecular complexity index is 278. The van der Waals surface area contributed by atoms with Crippen LogP contribution in [0.4, 0.5) is 4.79 Å². The Morgan fingerprint density at radius 1 is 1.53 bits per heavy atom. The van der Waals surface area contributed by atoms with Crippen LogP contribution >= 0.6 is 0 Å². The van der Waals surface area contributed by atoms with Gasteiger partial charge in [-0.25, -0.2) is 4.79 Å². The van der Waals surface area contributed by atoms with Crippen LogP contribution in [0.3, 0.4) is 0 Å². The maximum atomic E-state index is 11.5. The largest absolute Gasteiger partial charge is 0.444 e. The minimum atomic E-state index is -1.20. The molecular formula is C12H22N2O3. The second kappa shape index (κ2) is 7.13. The molecule has 0 rings (SSSR count). The molecule has 5 heteroatoms. The van der Waals surface area contributed by atoms with Crippen LogP contribution in [0.15, 0.2) is 0 Å². The first kappa shape index (κ1) is 15.7. The molecule has 1 unspecified atom stereocenters. The molecule has 0 aliphatic heterocycles. The van der Waals surface area contributed by atoms with E-state index in [9.17, 15) is 9.90 Å². The molecule has 2 N–H and O–H groups in total. The summed E-state index contributed by atoms with van der Waals surface area (Å²) in [6.45, 7) is 7.28. The van der Waals surface area contributed by atoms with Crippen molar-refractivity contribution < 1.29 is 14.6 Å². The third-order valence-corrected chi connectivity index (χ3v) is 2.08. The van der Waals surface area contributed by atoms with Crippen molar-refractivity contribution >= 4 is 6.09 Å². The highest BCUT2D eigenvalue weighted by atomic mass is 16.6. The van der Waals surface area contributed by atoms with Gasteiger partial charge in [0.15, 0.2) is 6.10 Å². The van der Waals surface area contributed by atoms with Crippen molar-refractivity contribution in [1.82, 2.24) is 5.32 Å². The third kappa shape index (κ3) is 7.58. The summed E-state index contributed by atoms with van der Waals surface area (Å²) in [5, 5.41) is 20.6. The molecule has 0 aliphatic rings. The van der Waals surface area contributed by atoms with Gasteiger partial charge in [0.05, 0.1) is 12.1 Å². The lowest BCUT2D eigenvalue weighted by Gasteiger charge is -2.24. The second-order valence-corrected chi connectivity index (χ2v) is 4.97. The molecule has 0 aromatic heterocycles. The number of nitriles is 1. The highest BCUT2D eigenvalue weighted by molar-refractivity contribution is 5.68. The average molecular weight is 242 g/mol. The SMILES string of the molecule is CCCCC(NC(=O)OC(C)(C)C)[C@H](O)C#N. The highest BCUT2D eigenvalue weighted by Crippen LogP contribution is 2.09. The Morgan fingerprint density at radius 2 is 2.12 bits per heavy atom. The van der Waals surface area contributed by atoms with Gasteiger partial charge < -0.3 is 15.2 Å². The quantitative estimate of drug-likeness (QED) is 0.722. The van der Waals surface area contributed by atoms with Crippen molar-refractivity contribution in [1.29, 1.82) is 5.26 Å². The van der Waals surface area contributed by atoms with Crippen LogP contribution in [-0.4, -0.2) is 28.9 Å². The number of unbranched alkanes of at least 4 members (excludes halogenated alkanes) is 1. The molecule has 0 aromatic rings. The summed E-state index contributed by atoms with van der Waals surface area (Å²) in [6, 6.07) is 1.15. The maximum absolute atomic E-state index is 11.5. The molecule has 98 valence electrons. The molecule has 0 radical (unpaired) electrons. The van der Waals surface area contributed by atoms with Gasteiger partial charge in [-0.2, -0.15) is 5.26 Å². The number of rotatable bonds is 5. The van der Waals surface area contributed by atoms with Crippen LogP contribution in [0.1, 0.15) is 47.0 Å². The van der Waals surface area contributed by atoms with Gasteiger partial charge in [-0.05, 0) is 27.2 Å². The molecule has 5 nitrogen and oxygen atoms in total. The number of hydrogen-bond donors (Lipinski definition) is 2. The first-order valence-electron chi connectivity index (χ1n) is 5.87. The zero-order valence-corrected chi connectivity index (χ0v) is 11.0. The summed E-state index contributed by atoms with van der Waals surface area (Å²) >= 11 is 0. The summed E-state index contributed by atoms with van der Waals surface area (Å²) in [4.78, 5) is 11.5. The van der Waals surface area contributed by atoms with Crippen molar-refractivity contribution in [2.75, 3.05) is 0 Å². The van der Waals surface area contributed by atoms with Crippen molar-refractivity contribution in [3.8, 4) is 6.07 Å². The summed E-state index contributed by atoms with van der Waals surface area (Å²) < 4.78 is 5.07. The van der Waals surface area contributed by atoms with E-state index in [4.69, 9.17) is 10.00 Å². The minimum Gasteiger partial charge on any atom is -0.444 e. The lowest BCUT2D eigenvalue weighted by Crippen LogP contribution is -2.45. The number of amides is 1. The Labute approximate surface area is 103 Å². The topological polar surface area (TPSA) is 82.3 Å². The van der Waals surface area contributed by atoms with Crippen LogP contribution in [0.5, 0.6) is 0 Å². The van der Waals surface area contributed by atoms with E-state index in [1.165, 1.54) is 0 Å². The number of alkyl carbamates (subject to hydrolysis) is 1. The number of nitrogens with zero attached hydrogens (tertiary/aromatic N) is 1. The van der Waals surface area contributed by atoms with Crippen LogP contribution < -0.4 is 5.32 Å². The van der Waals surface area contributed by atoms with Gasteiger partial charge in [0.2, 0.25) is 0 Å². The van der Waals surface area contributed by atoms with E-state index in [0.717, 1.165) is 12.8 Å². The molecule has 17 heavy (non-hydrogen) atoms. The fraction of sp³-hybridized carbons (Fsp3) is 0.833. The van der Waals surface area contributed by atoms with E-state index in [1.54, 1.807) is 26.8 Å². The Kier molecular flexibility index (Phi) is 6.59. The number of aliphatic hydroxyl groups is 1. The van der Waals surface area contributed by atoms with Gasteiger partial charge in [0, 0.05) is 0 Å². The fourth-order valence-electron chi connectivity index (χ4n) is 1.28. The maximum Gasteiger partial charge on any atom is 0.407 e. The Balaban J connectivity index is 4.33. The number of nitrogens with one attached hydrogen (secondary N) is 1. The normalized spacial score (nSPS) is 14.6. The number of carbonyl (C=O) groups is 1. The van der Waals surface area contributed by atoms with Crippen molar-refractivity contribution in [3.05, 3.63) is 0 Å². The number of ether oxygens (including phenoxy) is 1. The summed E-state index contributed by atoms with van der Waals surface area (Å²) in [6.07, 6.45) is 0.524. The molecule has 2 atom stereocenters. The molecule has 0 fully saturated rings. The zero-order valence-electron chi connectivity index (χ0n) is 11.0. The van der Waals surface area contributed by atoms with Gasteiger partial charge in [0.1, 0.15) is 5.60 Å². The highest BCUT2D eigenvalue weighted by Gasteiger charge is 2.23. The van der Waals surface area contributed by atoms with Gasteiger partial charge in [-0.3, -0.25) is 0 Å². The van der Waals surface area contributed by atoms with Crippen LogP contribution in [-0.2, 0) is 4.74 Å². The molecule has 0 heterocycles. The zero-order chi connectivity index (χ0) is 13.5. The molecule has 0 saturated carbocycles. The summed E-state index contributed by atoms with van der Waals surface area (Å²) in [7, 11) is 0. The standard InChI is InChI=1S/C12H22N2O3/c1-5-6-7-9(10(15)8-13)14-11(16)17-12(2,3)4/h9-10,15H,5-7H2,1-4H3,(H,14,16)/t9?,10-/m1/s1. The first-order valence-corrected chi connectivity index (χ1v) is 5.87. The van der Waals surface area contributed by atoms with Crippen LogP contribution in [0.2, 0.25) is 0 Å². The van der Waals surface area contributed by atoms with E-state index in [-0.39, 0.29) is 0 Å². The van der Waals surface area contributed by atoms with Crippen molar-refractivity contribution in [3.63, 3.8) is 0 Å². The Morgan fingerprint density at radius 3 is 2.53 bits per heavy atom. The average Bonchev–Trinajstić information content (AvgIpc) is 2.20. The van der Waals surface area contributed by atoms with E-state index < -0.39 is 23.8 Å². The molecule has 1 amide bonds. The lowest BCUT2D eigenvalue weighted by atomic mass is 10.1. The van der Waals surface area contributed by atoms with E-state index in [0.29, 0.717) is 6.42 Å². The smallest absolute Gasteiger partial charge is 0.407 e. The van der Waals surface area contributed by atoms with Crippen molar-refractivity contribution in [2.45, 2.75) is 64.7 Å². The molecule has 0 spiro atoms.